The number of hydrogen-bond donors (Lipinski definition) is 0. The molecule has 1 aliphatic heterocycles. The zero-order valence-electron chi connectivity index (χ0n) is 17.8. The van der Waals surface area contributed by atoms with Crippen LogP contribution in [0, 0.1) is 0 Å². The Morgan fingerprint density at radius 3 is 2.25 bits per heavy atom. The molecular weight excluding hydrogens is 443 g/mol. The van der Waals surface area contributed by atoms with Gasteiger partial charge in [0.25, 0.3) is 0 Å². The zero-order valence-corrected chi connectivity index (χ0v) is 18.6. The van der Waals surface area contributed by atoms with Crippen molar-refractivity contribution in [1.82, 2.24) is 4.90 Å². The zero-order chi connectivity index (χ0) is 23.4. The molecule has 0 spiro atoms. The van der Waals surface area contributed by atoms with Gasteiger partial charge in [-0.05, 0) is 36.8 Å². The van der Waals surface area contributed by atoms with Gasteiger partial charge < -0.3 is 9.80 Å². The van der Waals surface area contributed by atoms with Gasteiger partial charge in [-0.25, -0.2) is 8.42 Å². The van der Waals surface area contributed by atoms with Crippen LogP contribution in [0.2, 0.25) is 0 Å². The third-order valence-corrected chi connectivity index (χ3v) is 6.56. The maximum Gasteiger partial charge on any atom is 0.416 e. The monoisotopic (exact) mass is 469 g/mol. The molecule has 0 unspecified atom stereocenters. The third-order valence-electron chi connectivity index (χ3n) is 5.37. The first-order chi connectivity index (χ1) is 15.1. The predicted octanol–water partition coefficient (Wildman–Crippen LogP) is 3.60. The van der Waals surface area contributed by atoms with Gasteiger partial charge in [0.2, 0.25) is 15.9 Å². The second kappa shape index (κ2) is 9.81. The number of benzene rings is 2. The molecule has 0 saturated carbocycles. The van der Waals surface area contributed by atoms with Gasteiger partial charge in [-0.15, -0.1) is 0 Å². The number of halogens is 3. The molecule has 1 saturated heterocycles. The summed E-state index contributed by atoms with van der Waals surface area (Å²) in [5.74, 6) is -0.0878. The molecule has 1 aliphatic rings. The van der Waals surface area contributed by atoms with Gasteiger partial charge >= 0.3 is 6.18 Å². The fraction of sp³-hybridized carbons (Fsp3) is 0.409. The van der Waals surface area contributed by atoms with Crippen molar-refractivity contribution in [2.75, 3.05) is 48.2 Å². The van der Waals surface area contributed by atoms with Crippen LogP contribution in [0.1, 0.15) is 18.4 Å². The minimum atomic E-state index is -4.57. The second-order valence-corrected chi connectivity index (χ2v) is 9.60. The number of hydrogen-bond acceptors (Lipinski definition) is 4. The molecule has 1 amide bonds. The lowest BCUT2D eigenvalue weighted by molar-refractivity contribution is -0.137. The maximum atomic E-state index is 13.0. The number of alkyl halides is 3. The summed E-state index contributed by atoms with van der Waals surface area (Å²) in [6.07, 6.45) is -3.30. The lowest BCUT2D eigenvalue weighted by atomic mass is 10.2. The van der Waals surface area contributed by atoms with Crippen LogP contribution in [-0.2, 0) is 21.0 Å². The van der Waals surface area contributed by atoms with E-state index < -0.39 is 21.8 Å². The SMILES string of the molecule is CS(=O)(=O)N(CCCC(=O)N1CCN(c2ccccc2)CC1)c1cccc(C(F)(F)F)c1. The molecule has 1 heterocycles. The summed E-state index contributed by atoms with van der Waals surface area (Å²) in [4.78, 5) is 16.5. The number of amides is 1. The molecule has 6 nitrogen and oxygen atoms in total. The molecule has 0 radical (unpaired) electrons. The summed E-state index contributed by atoms with van der Waals surface area (Å²) in [7, 11) is -3.81. The van der Waals surface area contributed by atoms with Gasteiger partial charge in [-0.2, -0.15) is 13.2 Å². The maximum absolute atomic E-state index is 13.0. The first-order valence-corrected chi connectivity index (χ1v) is 12.1. The molecule has 174 valence electrons. The van der Waals surface area contributed by atoms with Crippen LogP contribution in [-0.4, -0.2) is 58.2 Å². The molecule has 10 heteroatoms. The topological polar surface area (TPSA) is 60.9 Å². The molecule has 32 heavy (non-hydrogen) atoms. The van der Waals surface area contributed by atoms with Gasteiger partial charge in [0.05, 0.1) is 17.5 Å². The Labute approximate surface area is 186 Å². The number of carbonyl (C=O) groups is 1. The van der Waals surface area contributed by atoms with Crippen molar-refractivity contribution in [2.45, 2.75) is 19.0 Å². The number of piperazine rings is 1. The first-order valence-electron chi connectivity index (χ1n) is 10.3. The average Bonchev–Trinajstić information content (AvgIpc) is 2.76. The van der Waals surface area contributed by atoms with E-state index in [0.717, 1.165) is 28.4 Å². The highest BCUT2D eigenvalue weighted by Gasteiger charge is 2.31. The van der Waals surface area contributed by atoms with E-state index in [2.05, 4.69) is 4.90 Å². The minimum Gasteiger partial charge on any atom is -0.368 e. The lowest BCUT2D eigenvalue weighted by Gasteiger charge is -2.36. The number of rotatable bonds is 7. The Morgan fingerprint density at radius 1 is 1.00 bits per heavy atom. The van der Waals surface area contributed by atoms with Crippen LogP contribution in [0.5, 0.6) is 0 Å². The van der Waals surface area contributed by atoms with Crippen LogP contribution < -0.4 is 9.21 Å². The highest BCUT2D eigenvalue weighted by molar-refractivity contribution is 7.92. The Bertz CT molecular complexity index is 1020. The number of para-hydroxylation sites is 1. The van der Waals surface area contributed by atoms with Crippen LogP contribution in [0.4, 0.5) is 24.5 Å². The highest BCUT2D eigenvalue weighted by atomic mass is 32.2. The molecule has 2 aromatic rings. The van der Waals surface area contributed by atoms with Crippen molar-refractivity contribution in [1.29, 1.82) is 0 Å². The molecule has 2 aromatic carbocycles. The first kappa shape index (κ1) is 23.9. The number of carbonyl (C=O) groups excluding carboxylic acids is 1. The van der Waals surface area contributed by atoms with E-state index in [4.69, 9.17) is 0 Å². The van der Waals surface area contributed by atoms with Crippen molar-refractivity contribution in [3.8, 4) is 0 Å². The summed E-state index contributed by atoms with van der Waals surface area (Å²) in [5.41, 5.74) is 0.117. The molecule has 0 bridgehead atoms. The van der Waals surface area contributed by atoms with Crippen molar-refractivity contribution in [2.24, 2.45) is 0 Å². The number of sulfonamides is 1. The largest absolute Gasteiger partial charge is 0.416 e. The Balaban J connectivity index is 1.56. The highest BCUT2D eigenvalue weighted by Crippen LogP contribution is 2.32. The summed E-state index contributed by atoms with van der Waals surface area (Å²) >= 11 is 0. The van der Waals surface area contributed by atoms with Gasteiger partial charge in [-0.1, -0.05) is 24.3 Å². The Kier molecular flexibility index (Phi) is 7.33. The van der Waals surface area contributed by atoms with E-state index in [1.165, 1.54) is 12.1 Å². The lowest BCUT2D eigenvalue weighted by Crippen LogP contribution is -2.48. The van der Waals surface area contributed by atoms with Crippen molar-refractivity contribution in [3.05, 3.63) is 60.2 Å². The van der Waals surface area contributed by atoms with Crippen LogP contribution >= 0.6 is 0 Å². The van der Waals surface area contributed by atoms with E-state index in [1.54, 1.807) is 4.90 Å². The third kappa shape index (κ3) is 6.15. The Morgan fingerprint density at radius 2 is 1.66 bits per heavy atom. The van der Waals surface area contributed by atoms with E-state index in [9.17, 15) is 26.4 Å². The second-order valence-electron chi connectivity index (χ2n) is 7.69. The summed E-state index contributed by atoms with van der Waals surface area (Å²) in [5, 5.41) is 0. The number of nitrogens with zero attached hydrogens (tertiary/aromatic N) is 3. The van der Waals surface area contributed by atoms with Crippen LogP contribution in [0.15, 0.2) is 54.6 Å². The van der Waals surface area contributed by atoms with E-state index >= 15 is 0 Å². The summed E-state index contributed by atoms with van der Waals surface area (Å²) < 4.78 is 64.3. The van der Waals surface area contributed by atoms with Crippen molar-refractivity contribution in [3.63, 3.8) is 0 Å². The van der Waals surface area contributed by atoms with Crippen LogP contribution in [0.25, 0.3) is 0 Å². The molecule has 0 aromatic heterocycles. The molecular formula is C22H26F3N3O3S. The molecule has 0 aliphatic carbocycles. The van der Waals surface area contributed by atoms with E-state index in [1.807, 2.05) is 30.3 Å². The standard InChI is InChI=1S/C22H26F3N3O3S/c1-32(30,31)28(20-10-5-7-18(17-20)22(23,24)25)12-6-11-21(29)27-15-13-26(14-16-27)19-8-3-2-4-9-19/h2-5,7-10,17H,6,11-16H2,1H3. The van der Waals surface area contributed by atoms with Gasteiger partial charge in [-0.3, -0.25) is 9.10 Å². The molecule has 3 rings (SSSR count). The van der Waals surface area contributed by atoms with Crippen molar-refractivity contribution >= 4 is 27.3 Å². The molecule has 0 N–H and O–H groups in total. The summed E-state index contributed by atoms with van der Waals surface area (Å²) in [6.45, 7) is 2.47. The van der Waals surface area contributed by atoms with Gasteiger partial charge in [0, 0.05) is 44.8 Å². The summed E-state index contributed by atoms with van der Waals surface area (Å²) in [6, 6.07) is 14.1. The number of anilines is 2. The van der Waals surface area contributed by atoms with E-state index in [-0.39, 0.29) is 31.0 Å². The quantitative estimate of drug-likeness (QED) is 0.622. The average molecular weight is 470 g/mol. The fourth-order valence-electron chi connectivity index (χ4n) is 3.71. The van der Waals surface area contributed by atoms with Crippen LogP contribution in [0.3, 0.4) is 0 Å². The molecule has 0 atom stereocenters. The smallest absolute Gasteiger partial charge is 0.368 e. The van der Waals surface area contributed by atoms with Gasteiger partial charge in [0.15, 0.2) is 0 Å². The van der Waals surface area contributed by atoms with E-state index in [0.29, 0.717) is 26.2 Å². The van der Waals surface area contributed by atoms with Gasteiger partial charge in [0.1, 0.15) is 0 Å². The fourth-order valence-corrected chi connectivity index (χ4v) is 4.67. The van der Waals surface area contributed by atoms with Crippen molar-refractivity contribution < 1.29 is 26.4 Å². The minimum absolute atomic E-state index is 0.0637. The molecule has 1 fully saturated rings. The normalized spacial score (nSPS) is 15.0. The Hall–Kier alpha value is -2.75. The predicted molar refractivity (Wildman–Crippen MR) is 118 cm³/mol.